The summed E-state index contributed by atoms with van der Waals surface area (Å²) >= 11 is 1.84. The summed E-state index contributed by atoms with van der Waals surface area (Å²) in [5, 5.41) is 5.74. The van der Waals surface area contributed by atoms with Gasteiger partial charge in [0.1, 0.15) is 0 Å². The topological polar surface area (TPSA) is 58.0 Å². The normalized spacial score (nSPS) is 18.1. The van der Waals surface area contributed by atoms with Gasteiger partial charge in [-0.25, -0.2) is 4.79 Å². The molecule has 102 valence electrons. The van der Waals surface area contributed by atoms with Gasteiger partial charge in [-0.2, -0.15) is 0 Å². The predicted octanol–water partition coefficient (Wildman–Crippen LogP) is 3.67. The van der Waals surface area contributed by atoms with Crippen LogP contribution in [0.15, 0.2) is 38.9 Å². The highest BCUT2D eigenvalue weighted by Gasteiger charge is 2.21. The first kappa shape index (κ1) is 11.8. The summed E-state index contributed by atoms with van der Waals surface area (Å²) in [5.41, 5.74) is 3.77. The molecule has 1 unspecified atom stereocenters. The number of aromatic nitrogens is 1. The molecular weight excluding hydrogens is 272 g/mol. The molecule has 0 radical (unpaired) electrons. The van der Waals surface area contributed by atoms with Gasteiger partial charge >= 0.3 is 5.76 Å². The number of aryl methyl sites for hydroxylation is 1. The number of benzene rings is 1. The van der Waals surface area contributed by atoms with Gasteiger partial charge in [0.05, 0.1) is 11.6 Å². The van der Waals surface area contributed by atoms with Gasteiger partial charge in [0.2, 0.25) is 0 Å². The minimum atomic E-state index is -0.407. The lowest BCUT2D eigenvalue weighted by Gasteiger charge is -2.24. The van der Waals surface area contributed by atoms with Crippen molar-refractivity contribution in [3.05, 3.63) is 50.6 Å². The summed E-state index contributed by atoms with van der Waals surface area (Å²) in [7, 11) is 0. The van der Waals surface area contributed by atoms with Crippen LogP contribution >= 0.6 is 11.3 Å². The first-order valence-electron chi connectivity index (χ1n) is 6.75. The van der Waals surface area contributed by atoms with Crippen LogP contribution in [0, 0.1) is 0 Å². The fourth-order valence-electron chi connectivity index (χ4n) is 2.88. The molecule has 1 aliphatic carbocycles. The molecule has 0 spiro atoms. The summed E-state index contributed by atoms with van der Waals surface area (Å²) in [6, 6.07) is 8.30. The number of thiophene rings is 1. The van der Waals surface area contributed by atoms with E-state index in [0.29, 0.717) is 11.6 Å². The van der Waals surface area contributed by atoms with Crippen molar-refractivity contribution >= 4 is 28.1 Å². The number of rotatable bonds is 2. The van der Waals surface area contributed by atoms with Crippen molar-refractivity contribution in [3.63, 3.8) is 0 Å². The molecule has 3 aromatic rings. The second-order valence-electron chi connectivity index (χ2n) is 5.11. The lowest BCUT2D eigenvalue weighted by Crippen LogP contribution is -2.15. The minimum Gasteiger partial charge on any atom is -0.408 e. The Morgan fingerprint density at radius 2 is 2.30 bits per heavy atom. The second kappa shape index (κ2) is 4.52. The molecule has 0 fully saturated rings. The number of hydrogen-bond acceptors (Lipinski definition) is 4. The summed E-state index contributed by atoms with van der Waals surface area (Å²) in [5.74, 6) is -0.407. The number of anilines is 1. The minimum absolute atomic E-state index is 0.362. The molecule has 4 nitrogen and oxygen atoms in total. The lowest BCUT2D eigenvalue weighted by molar-refractivity contribution is 0.555. The van der Waals surface area contributed by atoms with E-state index in [9.17, 15) is 4.79 Å². The third kappa shape index (κ3) is 1.94. The van der Waals surface area contributed by atoms with Crippen molar-refractivity contribution < 1.29 is 4.42 Å². The molecule has 4 rings (SSSR count). The highest BCUT2D eigenvalue weighted by molar-refractivity contribution is 7.10. The molecule has 0 saturated heterocycles. The molecular formula is C15H14N2O2S. The quantitative estimate of drug-likeness (QED) is 0.755. The summed E-state index contributed by atoms with van der Waals surface area (Å²) < 4.78 is 5.02. The zero-order chi connectivity index (χ0) is 13.5. The molecule has 20 heavy (non-hydrogen) atoms. The molecule has 0 amide bonds. The molecule has 5 heteroatoms. The van der Waals surface area contributed by atoms with Gasteiger partial charge in [-0.3, -0.25) is 4.98 Å². The van der Waals surface area contributed by atoms with Gasteiger partial charge in [-0.1, -0.05) is 0 Å². The van der Waals surface area contributed by atoms with Crippen LogP contribution in [0.4, 0.5) is 5.69 Å². The third-order valence-corrected chi connectivity index (χ3v) is 4.81. The monoisotopic (exact) mass is 286 g/mol. The molecule has 0 aliphatic heterocycles. The van der Waals surface area contributed by atoms with Crippen molar-refractivity contribution in [2.45, 2.75) is 25.3 Å². The largest absolute Gasteiger partial charge is 0.417 e. The smallest absolute Gasteiger partial charge is 0.408 e. The summed E-state index contributed by atoms with van der Waals surface area (Å²) in [4.78, 5) is 15.4. The maximum absolute atomic E-state index is 11.2. The van der Waals surface area contributed by atoms with Crippen LogP contribution in [0.5, 0.6) is 0 Å². The SMILES string of the molecule is O=c1[nH]c2cc(NC3CCCc4sccc43)ccc2o1. The zero-order valence-corrected chi connectivity index (χ0v) is 11.6. The van der Waals surface area contributed by atoms with Gasteiger partial charge in [-0.15, -0.1) is 11.3 Å². The number of nitrogens with one attached hydrogen (secondary N) is 2. The first-order valence-corrected chi connectivity index (χ1v) is 7.63. The maximum atomic E-state index is 11.2. The van der Waals surface area contributed by atoms with Gasteiger partial charge < -0.3 is 9.73 Å². The average Bonchev–Trinajstić information content (AvgIpc) is 3.03. The average molecular weight is 286 g/mol. The van der Waals surface area contributed by atoms with Crippen LogP contribution in [-0.2, 0) is 6.42 Å². The number of fused-ring (bicyclic) bond motifs is 2. The van der Waals surface area contributed by atoms with Crippen molar-refractivity contribution in [1.29, 1.82) is 0 Å². The van der Waals surface area contributed by atoms with Crippen molar-refractivity contribution in [3.8, 4) is 0 Å². The number of oxazole rings is 1. The van der Waals surface area contributed by atoms with E-state index in [4.69, 9.17) is 4.42 Å². The fraction of sp³-hybridized carbons (Fsp3) is 0.267. The van der Waals surface area contributed by atoms with Gasteiger partial charge in [0.15, 0.2) is 5.58 Å². The standard InChI is InChI=1S/C15H14N2O2S/c18-15-17-12-8-9(4-5-13(12)19-15)16-11-2-1-3-14-10(11)6-7-20-14/h4-8,11,16H,1-3H2,(H,17,18). The van der Waals surface area contributed by atoms with E-state index < -0.39 is 5.76 Å². The van der Waals surface area contributed by atoms with E-state index in [0.717, 1.165) is 17.6 Å². The van der Waals surface area contributed by atoms with Gasteiger partial charge in [0, 0.05) is 10.6 Å². The van der Waals surface area contributed by atoms with Gasteiger partial charge in [-0.05, 0) is 54.5 Å². The van der Waals surface area contributed by atoms with E-state index >= 15 is 0 Å². The highest BCUT2D eigenvalue weighted by Crippen LogP contribution is 2.35. The van der Waals surface area contributed by atoms with Crippen LogP contribution in [0.25, 0.3) is 11.1 Å². The van der Waals surface area contributed by atoms with E-state index in [1.54, 1.807) is 0 Å². The zero-order valence-electron chi connectivity index (χ0n) is 10.8. The van der Waals surface area contributed by atoms with E-state index in [1.807, 2.05) is 29.5 Å². The Balaban J connectivity index is 1.66. The molecule has 2 aromatic heterocycles. The van der Waals surface area contributed by atoms with Crippen LogP contribution in [0.3, 0.4) is 0 Å². The third-order valence-electron chi connectivity index (χ3n) is 3.81. The number of H-pyrrole nitrogens is 1. The Kier molecular flexibility index (Phi) is 2.67. The van der Waals surface area contributed by atoms with E-state index in [1.165, 1.54) is 23.3 Å². The van der Waals surface area contributed by atoms with Crippen LogP contribution in [0.1, 0.15) is 29.3 Å². The Bertz CT molecular complexity index is 815. The molecule has 0 bridgehead atoms. The fourth-order valence-corrected chi connectivity index (χ4v) is 3.87. The Morgan fingerprint density at radius 1 is 1.35 bits per heavy atom. The molecule has 1 atom stereocenters. The van der Waals surface area contributed by atoms with E-state index in [2.05, 4.69) is 21.7 Å². The number of aromatic amines is 1. The molecule has 1 aromatic carbocycles. The predicted molar refractivity (Wildman–Crippen MR) is 80.5 cm³/mol. The van der Waals surface area contributed by atoms with Crippen molar-refractivity contribution in [2.75, 3.05) is 5.32 Å². The Hall–Kier alpha value is -2.01. The molecule has 1 aliphatic rings. The van der Waals surface area contributed by atoms with E-state index in [-0.39, 0.29) is 0 Å². The van der Waals surface area contributed by atoms with Gasteiger partial charge in [0.25, 0.3) is 0 Å². The summed E-state index contributed by atoms with van der Waals surface area (Å²) in [6.07, 6.45) is 3.55. The number of hydrogen-bond donors (Lipinski definition) is 2. The van der Waals surface area contributed by atoms with Crippen molar-refractivity contribution in [2.24, 2.45) is 0 Å². The Morgan fingerprint density at radius 3 is 3.25 bits per heavy atom. The van der Waals surface area contributed by atoms with Crippen LogP contribution in [0.2, 0.25) is 0 Å². The molecule has 0 saturated carbocycles. The highest BCUT2D eigenvalue weighted by atomic mass is 32.1. The maximum Gasteiger partial charge on any atom is 0.417 e. The molecule has 2 N–H and O–H groups in total. The second-order valence-corrected chi connectivity index (χ2v) is 6.11. The van der Waals surface area contributed by atoms with Crippen LogP contribution in [-0.4, -0.2) is 4.98 Å². The Labute approximate surface area is 119 Å². The molecule has 2 heterocycles. The van der Waals surface area contributed by atoms with Crippen LogP contribution < -0.4 is 11.1 Å². The van der Waals surface area contributed by atoms with Crippen molar-refractivity contribution in [1.82, 2.24) is 4.98 Å². The summed E-state index contributed by atoms with van der Waals surface area (Å²) in [6.45, 7) is 0. The lowest BCUT2D eigenvalue weighted by atomic mass is 9.94. The first-order chi connectivity index (χ1) is 9.79.